The Morgan fingerprint density at radius 3 is 2.58 bits per heavy atom. The zero-order valence-corrected chi connectivity index (χ0v) is 23.7. The summed E-state index contributed by atoms with van der Waals surface area (Å²) in [7, 11) is -3.48. The lowest BCUT2D eigenvalue weighted by molar-refractivity contribution is -0.115. The number of carbonyl (C=O) groups excluding carboxylic acids is 1. The first-order valence-electron chi connectivity index (χ1n) is 13.1. The number of carbonyl (C=O) groups is 1. The lowest BCUT2D eigenvalue weighted by Gasteiger charge is -2.25. The highest BCUT2D eigenvalue weighted by atomic mass is 32.2. The third-order valence-corrected chi connectivity index (χ3v) is 8.74. The molecule has 40 heavy (non-hydrogen) atoms. The molecule has 210 valence electrons. The first-order chi connectivity index (χ1) is 18.9. The number of rotatable bonds is 8. The molecule has 1 aliphatic carbocycles. The molecule has 2 aromatic heterocycles. The quantitative estimate of drug-likeness (QED) is 0.275. The number of fused-ring (bicyclic) bond motifs is 1. The van der Waals surface area contributed by atoms with Gasteiger partial charge in [0, 0.05) is 23.5 Å². The van der Waals surface area contributed by atoms with Gasteiger partial charge in [-0.3, -0.25) is 19.2 Å². The van der Waals surface area contributed by atoms with Gasteiger partial charge in [-0.05, 0) is 82.0 Å². The first kappa shape index (κ1) is 27.6. The van der Waals surface area contributed by atoms with Crippen LogP contribution in [0.4, 0.5) is 15.8 Å². The maximum atomic E-state index is 15.3. The van der Waals surface area contributed by atoms with E-state index in [2.05, 4.69) is 20.1 Å². The maximum Gasteiger partial charge on any atom is 0.235 e. The summed E-state index contributed by atoms with van der Waals surface area (Å²) < 4.78 is 50.9. The number of halogens is 1. The molecule has 4 aromatic rings. The van der Waals surface area contributed by atoms with Gasteiger partial charge in [0.2, 0.25) is 15.9 Å². The van der Waals surface area contributed by atoms with Crippen LogP contribution >= 0.6 is 0 Å². The fourth-order valence-electron chi connectivity index (χ4n) is 4.49. The summed E-state index contributed by atoms with van der Waals surface area (Å²) in [6.45, 7) is 7.72. The second-order valence-electron chi connectivity index (χ2n) is 11.1. The van der Waals surface area contributed by atoms with Crippen LogP contribution in [0.25, 0.3) is 10.9 Å². The van der Waals surface area contributed by atoms with Crippen molar-refractivity contribution in [1.29, 1.82) is 0 Å². The van der Waals surface area contributed by atoms with Gasteiger partial charge in [0.1, 0.15) is 5.75 Å². The number of aromatic nitrogens is 3. The molecule has 1 aliphatic rings. The SMILES string of the molecule is Cc1cc(CC(=O)Nc2cnn(C(C)(C)C)c2)cc(F)c1Oc1ccnc2ccc(NS(=O)(=O)C3CCC3)cc12. The number of sulfonamides is 1. The van der Waals surface area contributed by atoms with Crippen molar-refractivity contribution in [1.82, 2.24) is 14.8 Å². The number of ether oxygens (including phenoxy) is 1. The number of hydrogen-bond donors (Lipinski definition) is 2. The van der Waals surface area contributed by atoms with Crippen molar-refractivity contribution in [2.75, 3.05) is 10.0 Å². The molecule has 1 amide bonds. The van der Waals surface area contributed by atoms with Crippen LogP contribution in [0.1, 0.15) is 51.2 Å². The topological polar surface area (TPSA) is 115 Å². The maximum absolute atomic E-state index is 15.3. The Morgan fingerprint density at radius 2 is 1.93 bits per heavy atom. The number of nitrogens with zero attached hydrogens (tertiary/aromatic N) is 3. The molecule has 0 unspecified atom stereocenters. The van der Waals surface area contributed by atoms with Gasteiger partial charge in [-0.25, -0.2) is 12.8 Å². The largest absolute Gasteiger partial charge is 0.453 e. The minimum atomic E-state index is -3.48. The second-order valence-corrected chi connectivity index (χ2v) is 13.1. The standard InChI is InChI=1S/C29H32FN5O4S/c1-18-12-19(14-27(36)33-21-16-32-35(17-21)29(2,3)4)13-24(30)28(18)39-26-10-11-31-25-9-8-20(15-23(25)26)34-40(37,38)22-6-5-7-22/h8-13,15-17,22,34H,5-7,14H2,1-4H3,(H,33,36). The minimum Gasteiger partial charge on any atom is -0.453 e. The van der Waals surface area contributed by atoms with Crippen molar-refractivity contribution in [3.63, 3.8) is 0 Å². The van der Waals surface area contributed by atoms with Crippen LogP contribution in [-0.4, -0.2) is 34.3 Å². The molecule has 2 heterocycles. The molecule has 0 atom stereocenters. The number of pyridine rings is 1. The molecule has 2 N–H and O–H groups in total. The summed E-state index contributed by atoms with van der Waals surface area (Å²) in [6, 6.07) is 9.57. The van der Waals surface area contributed by atoms with E-state index in [1.54, 1.807) is 60.5 Å². The van der Waals surface area contributed by atoms with E-state index >= 15 is 4.39 Å². The molecule has 5 rings (SSSR count). The molecule has 0 radical (unpaired) electrons. The average Bonchev–Trinajstić information content (AvgIpc) is 3.29. The monoisotopic (exact) mass is 565 g/mol. The van der Waals surface area contributed by atoms with Crippen LogP contribution in [0.2, 0.25) is 0 Å². The molecule has 1 fully saturated rings. The Bertz CT molecular complexity index is 1670. The lowest BCUT2D eigenvalue weighted by atomic mass is 10.0. The zero-order valence-electron chi connectivity index (χ0n) is 22.9. The van der Waals surface area contributed by atoms with Gasteiger partial charge >= 0.3 is 0 Å². The third kappa shape index (κ3) is 5.94. The molecule has 2 aromatic carbocycles. The molecule has 0 spiro atoms. The van der Waals surface area contributed by atoms with Gasteiger partial charge in [0.15, 0.2) is 11.6 Å². The average molecular weight is 566 g/mol. The predicted molar refractivity (Wildman–Crippen MR) is 153 cm³/mol. The van der Waals surface area contributed by atoms with Crippen molar-refractivity contribution in [3.05, 3.63) is 71.9 Å². The van der Waals surface area contributed by atoms with E-state index in [4.69, 9.17) is 4.74 Å². The Morgan fingerprint density at radius 1 is 1.15 bits per heavy atom. The van der Waals surface area contributed by atoms with E-state index in [9.17, 15) is 13.2 Å². The minimum absolute atomic E-state index is 0.0172. The number of aryl methyl sites for hydroxylation is 1. The third-order valence-electron chi connectivity index (χ3n) is 6.87. The molecular weight excluding hydrogens is 533 g/mol. The van der Waals surface area contributed by atoms with Crippen molar-refractivity contribution in [2.24, 2.45) is 0 Å². The van der Waals surface area contributed by atoms with Crippen molar-refractivity contribution in [3.8, 4) is 11.5 Å². The highest BCUT2D eigenvalue weighted by molar-refractivity contribution is 7.93. The summed E-state index contributed by atoms with van der Waals surface area (Å²) >= 11 is 0. The Kier molecular flexibility index (Phi) is 7.26. The van der Waals surface area contributed by atoms with Crippen molar-refractivity contribution < 1.29 is 22.3 Å². The summed E-state index contributed by atoms with van der Waals surface area (Å²) in [5.41, 5.74) is 2.32. The van der Waals surface area contributed by atoms with Gasteiger partial charge in [-0.1, -0.05) is 12.5 Å². The highest BCUT2D eigenvalue weighted by Gasteiger charge is 2.31. The van der Waals surface area contributed by atoms with E-state index in [1.807, 2.05) is 20.8 Å². The van der Waals surface area contributed by atoms with Crippen molar-refractivity contribution in [2.45, 2.75) is 64.2 Å². The molecule has 1 saturated carbocycles. The fourth-order valence-corrected chi connectivity index (χ4v) is 6.07. The molecular formula is C29H32FN5O4S. The molecule has 0 bridgehead atoms. The normalized spacial score (nSPS) is 14.1. The number of hydrogen-bond acceptors (Lipinski definition) is 6. The molecule has 0 aliphatic heterocycles. The fraction of sp³-hybridized carbons (Fsp3) is 0.345. The van der Waals surface area contributed by atoms with Crippen LogP contribution in [0.3, 0.4) is 0 Å². The Balaban J connectivity index is 1.33. The summed E-state index contributed by atoms with van der Waals surface area (Å²) in [4.78, 5) is 16.9. The van der Waals surface area contributed by atoms with Crippen LogP contribution in [0.15, 0.2) is 55.0 Å². The lowest BCUT2D eigenvalue weighted by Crippen LogP contribution is -2.33. The van der Waals surface area contributed by atoms with Gasteiger partial charge in [0.25, 0.3) is 0 Å². The molecule has 11 heteroatoms. The first-order valence-corrected chi connectivity index (χ1v) is 14.7. The molecule has 9 nitrogen and oxygen atoms in total. The number of benzene rings is 2. The van der Waals surface area contributed by atoms with E-state index in [0.717, 1.165) is 6.42 Å². The van der Waals surface area contributed by atoms with Crippen LogP contribution in [-0.2, 0) is 26.8 Å². The van der Waals surface area contributed by atoms with Gasteiger partial charge in [-0.15, -0.1) is 0 Å². The van der Waals surface area contributed by atoms with E-state index in [-0.39, 0.29) is 28.9 Å². The predicted octanol–water partition coefficient (Wildman–Crippen LogP) is 5.90. The highest BCUT2D eigenvalue weighted by Crippen LogP contribution is 2.35. The summed E-state index contributed by atoms with van der Waals surface area (Å²) in [5.74, 6) is -0.560. The number of anilines is 2. The number of nitrogens with one attached hydrogen (secondary N) is 2. The van der Waals surface area contributed by atoms with Crippen molar-refractivity contribution >= 4 is 38.2 Å². The zero-order chi connectivity index (χ0) is 28.7. The smallest absolute Gasteiger partial charge is 0.235 e. The molecule has 0 saturated heterocycles. The summed E-state index contributed by atoms with van der Waals surface area (Å²) in [6.07, 6.45) is 7.06. The Hall–Kier alpha value is -3.99. The van der Waals surface area contributed by atoms with E-state index < -0.39 is 15.8 Å². The van der Waals surface area contributed by atoms with E-state index in [0.29, 0.717) is 52.0 Å². The van der Waals surface area contributed by atoms with Gasteiger partial charge in [-0.2, -0.15) is 5.10 Å². The van der Waals surface area contributed by atoms with E-state index in [1.165, 1.54) is 6.07 Å². The summed E-state index contributed by atoms with van der Waals surface area (Å²) in [5, 5.41) is 7.23. The van der Waals surface area contributed by atoms with Gasteiger partial charge in [0.05, 0.1) is 34.6 Å². The van der Waals surface area contributed by atoms with Gasteiger partial charge < -0.3 is 10.1 Å². The van der Waals surface area contributed by atoms with Crippen LogP contribution < -0.4 is 14.8 Å². The Labute approximate surface area is 232 Å². The number of amides is 1. The van der Waals surface area contributed by atoms with Crippen LogP contribution in [0, 0.1) is 12.7 Å². The second kappa shape index (κ2) is 10.5. The van der Waals surface area contributed by atoms with Crippen LogP contribution in [0.5, 0.6) is 11.5 Å².